The third-order valence-corrected chi connectivity index (χ3v) is 2.39. The molecule has 0 aliphatic carbocycles. The van der Waals surface area contributed by atoms with Crippen LogP contribution in [0.5, 0.6) is 0 Å². The lowest BCUT2D eigenvalue weighted by atomic mass is 10.2. The van der Waals surface area contributed by atoms with Crippen molar-refractivity contribution in [3.63, 3.8) is 0 Å². The van der Waals surface area contributed by atoms with Crippen LogP contribution in [-0.2, 0) is 6.54 Å². The summed E-state index contributed by atoms with van der Waals surface area (Å²) in [7, 11) is 1.82. The Kier molecular flexibility index (Phi) is 3.22. The molecule has 0 aliphatic rings. The fourth-order valence-electron chi connectivity index (χ4n) is 1.48. The number of aromatic nitrogens is 2. The summed E-state index contributed by atoms with van der Waals surface area (Å²) in [6.07, 6.45) is 3.04. The highest BCUT2D eigenvalue weighted by atomic mass is 35.5. The van der Waals surface area contributed by atoms with Gasteiger partial charge in [-0.2, -0.15) is 5.10 Å². The van der Waals surface area contributed by atoms with E-state index in [1.807, 2.05) is 13.1 Å². The van der Waals surface area contributed by atoms with Gasteiger partial charge in [0.1, 0.15) is 11.5 Å². The Bertz CT molecular complexity index is 496. The van der Waals surface area contributed by atoms with E-state index in [2.05, 4.69) is 10.4 Å². The number of nitrogens with zero attached hydrogens (tertiary/aromatic N) is 2. The van der Waals surface area contributed by atoms with Crippen LogP contribution in [0.2, 0.25) is 5.02 Å². The predicted octanol–water partition coefficient (Wildman–Crippen LogP) is 2.38. The maximum atomic E-state index is 13.7. The second kappa shape index (κ2) is 4.63. The molecule has 1 aromatic carbocycles. The standard InChI is InChI=1S/C11H11ClFN3/c1-14-5-8-2-3-11(10(13)4-8)16-7-9(12)6-15-16/h2-4,6-7,14H,5H2,1H3. The fraction of sp³-hybridized carbons (Fsp3) is 0.182. The predicted molar refractivity (Wildman–Crippen MR) is 61.3 cm³/mol. The molecule has 1 aromatic heterocycles. The summed E-state index contributed by atoms with van der Waals surface area (Å²) in [5.41, 5.74) is 1.29. The number of hydrogen-bond donors (Lipinski definition) is 1. The lowest BCUT2D eigenvalue weighted by Crippen LogP contribution is -2.06. The Morgan fingerprint density at radius 2 is 2.31 bits per heavy atom. The number of nitrogens with one attached hydrogen (secondary N) is 1. The van der Waals surface area contributed by atoms with E-state index in [0.717, 1.165) is 5.56 Å². The van der Waals surface area contributed by atoms with Gasteiger partial charge >= 0.3 is 0 Å². The Balaban J connectivity index is 2.36. The van der Waals surface area contributed by atoms with E-state index in [9.17, 15) is 4.39 Å². The lowest BCUT2D eigenvalue weighted by Gasteiger charge is -2.05. The largest absolute Gasteiger partial charge is 0.316 e. The molecule has 3 nitrogen and oxygen atoms in total. The Morgan fingerprint density at radius 1 is 1.50 bits per heavy atom. The van der Waals surface area contributed by atoms with Crippen LogP contribution in [0.3, 0.4) is 0 Å². The molecule has 0 bridgehead atoms. The van der Waals surface area contributed by atoms with Gasteiger partial charge < -0.3 is 5.32 Å². The van der Waals surface area contributed by atoms with E-state index < -0.39 is 0 Å². The van der Waals surface area contributed by atoms with Crippen molar-refractivity contribution in [1.29, 1.82) is 0 Å². The Hall–Kier alpha value is -1.39. The highest BCUT2D eigenvalue weighted by Crippen LogP contribution is 2.16. The van der Waals surface area contributed by atoms with Crippen molar-refractivity contribution in [2.45, 2.75) is 6.54 Å². The molecule has 0 amide bonds. The quantitative estimate of drug-likeness (QED) is 0.891. The van der Waals surface area contributed by atoms with Gasteiger partial charge in [-0.3, -0.25) is 0 Å². The third-order valence-electron chi connectivity index (χ3n) is 2.19. The molecule has 2 aromatic rings. The molecule has 0 unspecified atom stereocenters. The minimum Gasteiger partial charge on any atom is -0.316 e. The van der Waals surface area contributed by atoms with E-state index in [0.29, 0.717) is 17.3 Å². The number of rotatable bonds is 3. The van der Waals surface area contributed by atoms with Crippen molar-refractivity contribution in [3.8, 4) is 5.69 Å². The summed E-state index contributed by atoms with van der Waals surface area (Å²) >= 11 is 5.73. The monoisotopic (exact) mass is 239 g/mol. The maximum Gasteiger partial charge on any atom is 0.149 e. The highest BCUT2D eigenvalue weighted by Gasteiger charge is 2.06. The molecule has 0 radical (unpaired) electrons. The molecule has 0 spiro atoms. The molecular formula is C11H11ClFN3. The van der Waals surface area contributed by atoms with E-state index in [-0.39, 0.29) is 5.82 Å². The van der Waals surface area contributed by atoms with E-state index in [4.69, 9.17) is 11.6 Å². The fourth-order valence-corrected chi connectivity index (χ4v) is 1.62. The smallest absolute Gasteiger partial charge is 0.149 e. The maximum absolute atomic E-state index is 13.7. The third kappa shape index (κ3) is 2.23. The number of halogens is 2. The molecule has 1 N–H and O–H groups in total. The van der Waals surface area contributed by atoms with Gasteiger partial charge in [0.25, 0.3) is 0 Å². The van der Waals surface area contributed by atoms with Gasteiger partial charge in [-0.05, 0) is 24.7 Å². The van der Waals surface area contributed by atoms with E-state index in [1.54, 1.807) is 12.3 Å². The molecule has 16 heavy (non-hydrogen) atoms. The van der Waals surface area contributed by atoms with Crippen molar-refractivity contribution in [2.24, 2.45) is 0 Å². The molecule has 0 saturated heterocycles. The molecule has 2 rings (SSSR count). The number of hydrogen-bond acceptors (Lipinski definition) is 2. The van der Waals surface area contributed by atoms with Crippen LogP contribution in [0.1, 0.15) is 5.56 Å². The van der Waals surface area contributed by atoms with E-state index >= 15 is 0 Å². The van der Waals surface area contributed by atoms with Crippen LogP contribution < -0.4 is 5.32 Å². The highest BCUT2D eigenvalue weighted by molar-refractivity contribution is 6.30. The van der Waals surface area contributed by atoms with Crippen LogP contribution >= 0.6 is 11.6 Å². The zero-order chi connectivity index (χ0) is 11.5. The van der Waals surface area contributed by atoms with Gasteiger partial charge in [-0.1, -0.05) is 17.7 Å². The zero-order valence-electron chi connectivity index (χ0n) is 8.74. The topological polar surface area (TPSA) is 29.9 Å². The molecule has 0 fully saturated rings. The van der Waals surface area contributed by atoms with Gasteiger partial charge in [-0.25, -0.2) is 9.07 Å². The van der Waals surface area contributed by atoms with Gasteiger partial charge in [-0.15, -0.1) is 0 Å². The Morgan fingerprint density at radius 3 is 2.88 bits per heavy atom. The average molecular weight is 240 g/mol. The second-order valence-corrected chi connectivity index (χ2v) is 3.86. The van der Waals surface area contributed by atoms with Crippen LogP contribution in [0.4, 0.5) is 4.39 Å². The first kappa shape index (κ1) is 11.1. The summed E-state index contributed by atoms with van der Waals surface area (Å²) in [5, 5.41) is 7.40. The molecule has 5 heteroatoms. The first-order chi connectivity index (χ1) is 7.70. The normalized spacial score (nSPS) is 10.7. The van der Waals surface area contributed by atoms with Gasteiger partial charge in [0.05, 0.1) is 11.2 Å². The van der Waals surface area contributed by atoms with Gasteiger partial charge in [0.15, 0.2) is 0 Å². The van der Waals surface area contributed by atoms with Crippen molar-refractivity contribution >= 4 is 11.6 Å². The molecule has 0 aliphatic heterocycles. The van der Waals surface area contributed by atoms with Crippen LogP contribution in [-0.4, -0.2) is 16.8 Å². The molecule has 1 heterocycles. The van der Waals surface area contributed by atoms with Crippen molar-refractivity contribution < 1.29 is 4.39 Å². The molecule has 0 saturated carbocycles. The second-order valence-electron chi connectivity index (χ2n) is 3.42. The van der Waals surface area contributed by atoms with E-state index in [1.165, 1.54) is 16.9 Å². The summed E-state index contributed by atoms with van der Waals surface area (Å²) in [4.78, 5) is 0. The number of benzene rings is 1. The summed E-state index contributed by atoms with van der Waals surface area (Å²) in [6.45, 7) is 0.636. The van der Waals surface area contributed by atoms with Crippen molar-refractivity contribution in [2.75, 3.05) is 7.05 Å². The summed E-state index contributed by atoms with van der Waals surface area (Å²) < 4.78 is 15.2. The van der Waals surface area contributed by atoms with Crippen LogP contribution in [0, 0.1) is 5.82 Å². The van der Waals surface area contributed by atoms with Crippen molar-refractivity contribution in [3.05, 3.63) is 47.0 Å². The van der Waals surface area contributed by atoms with Crippen molar-refractivity contribution in [1.82, 2.24) is 15.1 Å². The summed E-state index contributed by atoms with van der Waals surface area (Å²) in [6, 6.07) is 5.03. The first-order valence-electron chi connectivity index (χ1n) is 4.84. The summed E-state index contributed by atoms with van der Waals surface area (Å²) in [5.74, 6) is -0.312. The van der Waals surface area contributed by atoms with Gasteiger partial charge in [0, 0.05) is 12.7 Å². The minimum atomic E-state index is -0.312. The van der Waals surface area contributed by atoms with Crippen LogP contribution in [0.15, 0.2) is 30.6 Å². The SMILES string of the molecule is CNCc1ccc(-n2cc(Cl)cn2)c(F)c1. The van der Waals surface area contributed by atoms with Crippen LogP contribution in [0.25, 0.3) is 5.69 Å². The average Bonchev–Trinajstić information content (AvgIpc) is 2.65. The minimum absolute atomic E-state index is 0.312. The molecule has 0 atom stereocenters. The molecular weight excluding hydrogens is 229 g/mol. The first-order valence-corrected chi connectivity index (χ1v) is 5.22. The van der Waals surface area contributed by atoms with Gasteiger partial charge in [0.2, 0.25) is 0 Å². The zero-order valence-corrected chi connectivity index (χ0v) is 9.50. The molecule has 84 valence electrons. The lowest BCUT2D eigenvalue weighted by molar-refractivity contribution is 0.607. The Labute approximate surface area is 97.8 Å².